The van der Waals surface area contributed by atoms with E-state index in [2.05, 4.69) is 5.32 Å². The van der Waals surface area contributed by atoms with E-state index in [-0.39, 0.29) is 13.3 Å². The van der Waals surface area contributed by atoms with Gasteiger partial charge in [0.25, 0.3) is 5.91 Å². The number of benzene rings is 1. The first kappa shape index (κ1) is 21.1. The van der Waals surface area contributed by atoms with Crippen molar-refractivity contribution in [3.8, 4) is 0 Å². The number of amides is 1. The average Bonchev–Trinajstić information content (AvgIpc) is 2.73. The lowest BCUT2D eigenvalue weighted by Crippen LogP contribution is -2.55. The highest BCUT2D eigenvalue weighted by atomic mass is 32.2. The third-order valence-electron chi connectivity index (χ3n) is 8.17. The first-order valence-electron chi connectivity index (χ1n) is 11.7. The van der Waals surface area contributed by atoms with Crippen molar-refractivity contribution < 1.29 is 19.4 Å². The molecule has 6 rings (SSSR count). The summed E-state index contributed by atoms with van der Waals surface area (Å²) in [7, 11) is -3.52. The molecule has 1 heterocycles. The van der Waals surface area contributed by atoms with Gasteiger partial charge < -0.3 is 5.32 Å². The molecule has 5 aliphatic rings. The summed E-state index contributed by atoms with van der Waals surface area (Å²) in [5, 5.41) is 2.95. The average molecular weight is 447 g/mol. The Balaban J connectivity index is 0.00000245. The number of rotatable bonds is 5. The van der Waals surface area contributed by atoms with Gasteiger partial charge in [-0.05, 0) is 88.2 Å². The molecule has 0 unspecified atom stereocenters. The van der Waals surface area contributed by atoms with E-state index in [1.165, 1.54) is 23.6 Å². The van der Waals surface area contributed by atoms with Crippen molar-refractivity contribution >= 4 is 21.7 Å². The van der Waals surface area contributed by atoms with Crippen LogP contribution >= 0.6 is 0 Å². The number of aryl methyl sites for hydroxylation is 1. The van der Waals surface area contributed by atoms with Crippen LogP contribution in [-0.2, 0) is 19.6 Å². The normalized spacial score (nSPS) is 33.4. The van der Waals surface area contributed by atoms with Crippen LogP contribution in [0.3, 0.4) is 0 Å². The van der Waals surface area contributed by atoms with Crippen LogP contribution in [0.25, 0.3) is 0 Å². The lowest BCUT2D eigenvalue weighted by molar-refractivity contribution is -0.154. The van der Waals surface area contributed by atoms with Crippen LogP contribution in [0.2, 0.25) is 0 Å². The van der Waals surface area contributed by atoms with Crippen LogP contribution in [0.4, 0.5) is 0 Å². The molecule has 1 aromatic carbocycles. The highest BCUT2D eigenvalue weighted by Crippen LogP contribution is 2.60. The Kier molecular flexibility index (Phi) is 5.25. The van der Waals surface area contributed by atoms with Gasteiger partial charge in [0, 0.05) is 26.0 Å². The molecule has 0 spiro atoms. The SMILES string of the molecule is Cc1ccc(S(=O)(=O)N2CCC(NC(=O)C(=O)C34CC5CC(CC(C5)C3)C4)CC2)cc1.[HH]. The quantitative estimate of drug-likeness (QED) is 0.704. The number of nitrogens with zero attached hydrogens (tertiary/aromatic N) is 1. The molecule has 4 bridgehead atoms. The van der Waals surface area contributed by atoms with Crippen LogP contribution < -0.4 is 5.32 Å². The molecule has 7 heteroatoms. The maximum Gasteiger partial charge on any atom is 0.288 e. The maximum absolute atomic E-state index is 13.2. The van der Waals surface area contributed by atoms with Crippen LogP contribution in [-0.4, -0.2) is 43.5 Å². The standard InChI is InChI=1S/C24H32N2O4S.H2/c1-16-2-4-21(5-3-16)31(29,30)26-8-6-20(7-9-26)25-23(28)22(27)24-13-17-10-18(14-24)12-19(11-17)15-24;/h2-5,17-20H,6-15H2,1H3,(H,25,28);1H. The largest absolute Gasteiger partial charge is 0.347 e. The van der Waals surface area contributed by atoms with E-state index < -0.39 is 21.3 Å². The monoisotopic (exact) mass is 446 g/mol. The van der Waals surface area contributed by atoms with Gasteiger partial charge in [-0.2, -0.15) is 4.31 Å². The zero-order valence-electron chi connectivity index (χ0n) is 18.2. The Hall–Kier alpha value is -1.73. The van der Waals surface area contributed by atoms with Crippen LogP contribution in [0.15, 0.2) is 29.2 Å². The number of piperidine rings is 1. The molecule has 0 radical (unpaired) electrons. The van der Waals surface area contributed by atoms with Gasteiger partial charge in [0.05, 0.1) is 4.90 Å². The number of hydrogen-bond donors (Lipinski definition) is 1. The smallest absolute Gasteiger partial charge is 0.288 e. The minimum Gasteiger partial charge on any atom is -0.347 e. The second kappa shape index (κ2) is 7.69. The molecule has 4 aliphatic carbocycles. The molecule has 0 aromatic heterocycles. The summed E-state index contributed by atoms with van der Waals surface area (Å²) in [6.45, 7) is 2.63. The van der Waals surface area contributed by atoms with E-state index in [4.69, 9.17) is 0 Å². The molecule has 4 saturated carbocycles. The summed E-state index contributed by atoms with van der Waals surface area (Å²) in [5.41, 5.74) is 0.595. The van der Waals surface area contributed by atoms with Crippen molar-refractivity contribution in [1.82, 2.24) is 9.62 Å². The minimum atomic E-state index is -3.52. The highest BCUT2D eigenvalue weighted by molar-refractivity contribution is 7.89. The molecule has 170 valence electrons. The van der Waals surface area contributed by atoms with Crippen molar-refractivity contribution in [1.29, 1.82) is 0 Å². The van der Waals surface area contributed by atoms with Gasteiger partial charge in [-0.3, -0.25) is 9.59 Å². The number of Topliss-reactive ketones (excluding diaryl/α,β-unsaturated/α-hetero) is 1. The first-order chi connectivity index (χ1) is 14.7. The second-order valence-corrected chi connectivity index (χ2v) is 12.4. The molecule has 5 fully saturated rings. The van der Waals surface area contributed by atoms with E-state index in [1.807, 2.05) is 6.92 Å². The zero-order valence-corrected chi connectivity index (χ0v) is 19.0. The Bertz CT molecular complexity index is 948. The second-order valence-electron chi connectivity index (χ2n) is 10.5. The van der Waals surface area contributed by atoms with Gasteiger partial charge >= 0.3 is 0 Å². The van der Waals surface area contributed by atoms with E-state index in [9.17, 15) is 18.0 Å². The fourth-order valence-electron chi connectivity index (χ4n) is 6.98. The van der Waals surface area contributed by atoms with Crippen molar-refractivity contribution in [3.05, 3.63) is 29.8 Å². The van der Waals surface area contributed by atoms with Crippen molar-refractivity contribution in [3.63, 3.8) is 0 Å². The van der Waals surface area contributed by atoms with E-state index in [0.717, 1.165) is 24.8 Å². The van der Waals surface area contributed by atoms with Gasteiger partial charge in [0.2, 0.25) is 15.8 Å². The molecular weight excluding hydrogens is 412 g/mol. The first-order valence-corrected chi connectivity index (χ1v) is 13.1. The van der Waals surface area contributed by atoms with Crippen molar-refractivity contribution in [2.24, 2.45) is 23.2 Å². The fourth-order valence-corrected chi connectivity index (χ4v) is 8.45. The summed E-state index contributed by atoms with van der Waals surface area (Å²) in [6, 6.07) is 6.74. The lowest BCUT2D eigenvalue weighted by atomic mass is 9.48. The van der Waals surface area contributed by atoms with Gasteiger partial charge in [-0.15, -0.1) is 0 Å². The zero-order chi connectivity index (χ0) is 21.8. The fraction of sp³-hybridized carbons (Fsp3) is 0.667. The van der Waals surface area contributed by atoms with E-state index in [1.54, 1.807) is 24.3 Å². The Morgan fingerprint density at radius 1 is 0.968 bits per heavy atom. The number of carbonyl (C=O) groups is 2. The third kappa shape index (κ3) is 3.84. The highest BCUT2D eigenvalue weighted by Gasteiger charge is 2.56. The van der Waals surface area contributed by atoms with E-state index >= 15 is 0 Å². The molecule has 0 atom stereocenters. The van der Waals surface area contributed by atoms with Gasteiger partial charge in [-0.1, -0.05) is 17.7 Å². The summed E-state index contributed by atoms with van der Waals surface area (Å²) in [4.78, 5) is 26.4. The summed E-state index contributed by atoms with van der Waals surface area (Å²) < 4.78 is 27.2. The number of hydrogen-bond acceptors (Lipinski definition) is 4. The Morgan fingerprint density at radius 3 is 2.00 bits per heavy atom. The molecule has 1 aromatic rings. The molecule has 1 saturated heterocycles. The van der Waals surface area contributed by atoms with Crippen molar-refractivity contribution in [2.45, 2.75) is 69.2 Å². The van der Waals surface area contributed by atoms with Crippen LogP contribution in [0, 0.1) is 30.1 Å². The molecule has 1 aliphatic heterocycles. The molecular formula is C24H34N2O4S. The summed E-state index contributed by atoms with van der Waals surface area (Å²) >= 11 is 0. The molecule has 31 heavy (non-hydrogen) atoms. The topological polar surface area (TPSA) is 83.6 Å². The van der Waals surface area contributed by atoms with E-state index in [0.29, 0.717) is 48.6 Å². The predicted molar refractivity (Wildman–Crippen MR) is 119 cm³/mol. The number of carbonyl (C=O) groups excluding carboxylic acids is 2. The number of ketones is 1. The number of sulfonamides is 1. The van der Waals surface area contributed by atoms with Crippen LogP contribution in [0.5, 0.6) is 0 Å². The third-order valence-corrected chi connectivity index (χ3v) is 10.1. The molecule has 1 amide bonds. The van der Waals surface area contributed by atoms with Gasteiger partial charge in [0.1, 0.15) is 0 Å². The summed E-state index contributed by atoms with van der Waals surface area (Å²) in [5.74, 6) is 1.22. The molecule has 1 N–H and O–H groups in total. The Morgan fingerprint density at radius 2 is 1.48 bits per heavy atom. The Labute approximate surface area is 186 Å². The van der Waals surface area contributed by atoms with Gasteiger partial charge in [0.15, 0.2) is 0 Å². The minimum absolute atomic E-state index is 0. The lowest BCUT2D eigenvalue weighted by Gasteiger charge is -2.55. The summed E-state index contributed by atoms with van der Waals surface area (Å²) in [6.07, 6.45) is 7.44. The van der Waals surface area contributed by atoms with Gasteiger partial charge in [-0.25, -0.2) is 8.42 Å². The van der Waals surface area contributed by atoms with Crippen LogP contribution in [0.1, 0.15) is 58.4 Å². The number of nitrogens with one attached hydrogen (secondary N) is 1. The van der Waals surface area contributed by atoms with Crippen molar-refractivity contribution in [2.75, 3.05) is 13.1 Å². The molecule has 6 nitrogen and oxygen atoms in total. The predicted octanol–water partition coefficient (Wildman–Crippen LogP) is 3.30. The maximum atomic E-state index is 13.2.